The molecule has 0 saturated heterocycles. The third kappa shape index (κ3) is 2.42. The van der Waals surface area contributed by atoms with Gasteiger partial charge in [-0.25, -0.2) is 8.78 Å². The zero-order chi connectivity index (χ0) is 9.84. The lowest BCUT2D eigenvalue weighted by Crippen LogP contribution is -2.13. The highest BCUT2D eigenvalue weighted by Crippen LogP contribution is 2.19. The maximum Gasteiger partial charge on any atom is 0.163 e. The van der Waals surface area contributed by atoms with Crippen LogP contribution in [0.15, 0.2) is 18.2 Å². The summed E-state index contributed by atoms with van der Waals surface area (Å²) >= 11 is 3.97. The Bertz CT molecular complexity index is 291. The molecule has 1 aromatic carbocycles. The average molecular weight is 203 g/mol. The number of hydrogen-bond acceptors (Lipinski definition) is 2. The van der Waals surface area contributed by atoms with Crippen LogP contribution in [0.4, 0.5) is 8.78 Å². The van der Waals surface area contributed by atoms with Crippen molar-refractivity contribution in [2.45, 2.75) is 12.5 Å². The van der Waals surface area contributed by atoms with E-state index in [0.717, 1.165) is 6.07 Å². The quantitative estimate of drug-likeness (QED) is 0.724. The van der Waals surface area contributed by atoms with E-state index in [1.54, 1.807) is 0 Å². The van der Waals surface area contributed by atoms with Gasteiger partial charge in [-0.1, -0.05) is 12.1 Å². The molecule has 72 valence electrons. The van der Waals surface area contributed by atoms with Crippen LogP contribution in [0, 0.1) is 11.6 Å². The molecule has 0 fully saturated rings. The van der Waals surface area contributed by atoms with Gasteiger partial charge < -0.3 is 5.73 Å². The topological polar surface area (TPSA) is 26.0 Å². The SMILES string of the molecule is NC(CCS)c1cccc(F)c1F. The average Bonchev–Trinajstić information content (AvgIpc) is 2.10. The second-order valence-electron chi connectivity index (χ2n) is 2.76. The first kappa shape index (κ1) is 10.5. The van der Waals surface area contributed by atoms with Crippen LogP contribution >= 0.6 is 12.6 Å². The minimum Gasteiger partial charge on any atom is -0.324 e. The number of halogens is 2. The summed E-state index contributed by atoms with van der Waals surface area (Å²) < 4.78 is 25.8. The lowest BCUT2D eigenvalue weighted by atomic mass is 10.0. The Hall–Kier alpha value is -0.610. The Kier molecular flexibility index (Phi) is 3.69. The fourth-order valence-electron chi connectivity index (χ4n) is 1.10. The van der Waals surface area contributed by atoms with Crippen molar-refractivity contribution in [2.75, 3.05) is 5.75 Å². The predicted molar refractivity (Wildman–Crippen MR) is 51.8 cm³/mol. The molecule has 1 unspecified atom stereocenters. The van der Waals surface area contributed by atoms with Crippen LogP contribution in [-0.2, 0) is 0 Å². The maximum atomic E-state index is 13.1. The van der Waals surface area contributed by atoms with Gasteiger partial charge in [0.15, 0.2) is 11.6 Å². The highest BCUT2D eigenvalue weighted by molar-refractivity contribution is 7.80. The number of benzene rings is 1. The van der Waals surface area contributed by atoms with Gasteiger partial charge in [0.1, 0.15) is 0 Å². The van der Waals surface area contributed by atoms with E-state index in [1.807, 2.05) is 0 Å². The second kappa shape index (κ2) is 4.58. The lowest BCUT2D eigenvalue weighted by molar-refractivity contribution is 0.487. The van der Waals surface area contributed by atoms with Gasteiger partial charge in [0, 0.05) is 11.6 Å². The summed E-state index contributed by atoms with van der Waals surface area (Å²) in [6.07, 6.45) is 0.531. The van der Waals surface area contributed by atoms with Crippen LogP contribution in [0.2, 0.25) is 0 Å². The van der Waals surface area contributed by atoms with E-state index in [4.69, 9.17) is 5.73 Å². The van der Waals surface area contributed by atoms with Crippen LogP contribution in [-0.4, -0.2) is 5.75 Å². The minimum atomic E-state index is -0.855. The molecule has 0 aliphatic carbocycles. The van der Waals surface area contributed by atoms with Gasteiger partial charge in [-0.3, -0.25) is 0 Å². The normalized spacial score (nSPS) is 12.9. The summed E-state index contributed by atoms with van der Waals surface area (Å²) in [5.74, 6) is -1.15. The van der Waals surface area contributed by atoms with E-state index in [2.05, 4.69) is 12.6 Å². The monoisotopic (exact) mass is 203 g/mol. The van der Waals surface area contributed by atoms with Crippen LogP contribution < -0.4 is 5.73 Å². The minimum absolute atomic E-state index is 0.217. The van der Waals surface area contributed by atoms with E-state index in [1.165, 1.54) is 12.1 Å². The van der Waals surface area contributed by atoms with Gasteiger partial charge in [-0.15, -0.1) is 0 Å². The number of rotatable bonds is 3. The van der Waals surface area contributed by atoms with Crippen molar-refractivity contribution in [2.24, 2.45) is 5.73 Å². The summed E-state index contributed by atoms with van der Waals surface area (Å²) in [6.45, 7) is 0. The van der Waals surface area contributed by atoms with Crippen LogP contribution in [0.25, 0.3) is 0 Å². The molecule has 0 aliphatic heterocycles. The Morgan fingerprint density at radius 3 is 2.69 bits per heavy atom. The molecule has 0 amide bonds. The molecule has 0 aromatic heterocycles. The van der Waals surface area contributed by atoms with E-state index in [-0.39, 0.29) is 5.56 Å². The van der Waals surface area contributed by atoms with Gasteiger partial charge in [-0.05, 0) is 18.2 Å². The molecule has 0 aliphatic rings. The van der Waals surface area contributed by atoms with Crippen molar-refractivity contribution in [1.29, 1.82) is 0 Å². The van der Waals surface area contributed by atoms with E-state index < -0.39 is 17.7 Å². The van der Waals surface area contributed by atoms with Crippen LogP contribution in [0.1, 0.15) is 18.0 Å². The summed E-state index contributed by atoms with van der Waals surface area (Å²) in [5.41, 5.74) is 5.84. The van der Waals surface area contributed by atoms with Crippen molar-refractivity contribution in [3.05, 3.63) is 35.4 Å². The maximum absolute atomic E-state index is 13.1. The predicted octanol–water partition coefficient (Wildman–Crippen LogP) is 2.28. The van der Waals surface area contributed by atoms with Crippen molar-refractivity contribution in [1.82, 2.24) is 0 Å². The van der Waals surface area contributed by atoms with Gasteiger partial charge >= 0.3 is 0 Å². The molecule has 1 nitrogen and oxygen atoms in total. The highest BCUT2D eigenvalue weighted by Gasteiger charge is 2.13. The zero-order valence-corrected chi connectivity index (χ0v) is 7.90. The summed E-state index contributed by atoms with van der Waals surface area (Å²) in [4.78, 5) is 0. The van der Waals surface area contributed by atoms with E-state index >= 15 is 0 Å². The van der Waals surface area contributed by atoms with Gasteiger partial charge in [0.2, 0.25) is 0 Å². The van der Waals surface area contributed by atoms with Gasteiger partial charge in [0.25, 0.3) is 0 Å². The second-order valence-corrected chi connectivity index (χ2v) is 3.21. The Morgan fingerprint density at radius 2 is 2.08 bits per heavy atom. The molecule has 0 spiro atoms. The first-order valence-electron chi connectivity index (χ1n) is 3.97. The molecule has 1 rings (SSSR count). The number of nitrogens with two attached hydrogens (primary N) is 1. The van der Waals surface area contributed by atoms with Crippen molar-refractivity contribution >= 4 is 12.6 Å². The van der Waals surface area contributed by atoms with E-state index in [9.17, 15) is 8.78 Å². The first-order chi connectivity index (χ1) is 6.16. The number of hydrogen-bond donors (Lipinski definition) is 2. The largest absolute Gasteiger partial charge is 0.324 e. The van der Waals surface area contributed by atoms with Crippen LogP contribution in [0.3, 0.4) is 0 Å². The molecule has 0 saturated carbocycles. The Labute approximate surface area is 81.4 Å². The smallest absolute Gasteiger partial charge is 0.163 e. The summed E-state index contributed by atoms with van der Waals surface area (Å²) in [5, 5.41) is 0. The Balaban J connectivity index is 2.93. The molecule has 1 atom stereocenters. The first-order valence-corrected chi connectivity index (χ1v) is 4.60. The fraction of sp³-hybridized carbons (Fsp3) is 0.333. The highest BCUT2D eigenvalue weighted by atomic mass is 32.1. The van der Waals surface area contributed by atoms with Gasteiger partial charge in [-0.2, -0.15) is 12.6 Å². The van der Waals surface area contributed by atoms with Crippen molar-refractivity contribution in [3.63, 3.8) is 0 Å². The number of thiol groups is 1. The molecule has 13 heavy (non-hydrogen) atoms. The van der Waals surface area contributed by atoms with Crippen molar-refractivity contribution in [3.8, 4) is 0 Å². The van der Waals surface area contributed by atoms with Gasteiger partial charge in [0.05, 0.1) is 0 Å². The fourth-order valence-corrected chi connectivity index (χ4v) is 1.38. The molecular weight excluding hydrogens is 192 g/mol. The Morgan fingerprint density at radius 1 is 1.38 bits per heavy atom. The third-order valence-corrected chi connectivity index (χ3v) is 2.08. The lowest BCUT2D eigenvalue weighted by Gasteiger charge is -2.11. The van der Waals surface area contributed by atoms with Crippen molar-refractivity contribution < 1.29 is 8.78 Å². The molecule has 2 N–H and O–H groups in total. The molecule has 0 bridgehead atoms. The molecule has 0 heterocycles. The van der Waals surface area contributed by atoms with Crippen LogP contribution in [0.5, 0.6) is 0 Å². The molecular formula is C9H11F2NS. The summed E-state index contributed by atoms with van der Waals surface area (Å²) in [6, 6.07) is 3.54. The molecule has 1 aromatic rings. The third-order valence-electron chi connectivity index (χ3n) is 1.82. The molecule has 4 heteroatoms. The standard InChI is InChI=1S/C9H11F2NS/c10-7-3-1-2-6(9(7)11)8(12)4-5-13/h1-3,8,13H,4-5,12H2. The molecule has 0 radical (unpaired) electrons. The summed E-state index contributed by atoms with van der Waals surface area (Å²) in [7, 11) is 0. The zero-order valence-electron chi connectivity index (χ0n) is 7.00. The van der Waals surface area contributed by atoms with E-state index in [0.29, 0.717) is 12.2 Å².